The van der Waals surface area contributed by atoms with Gasteiger partial charge in [-0.2, -0.15) is 5.10 Å². The highest BCUT2D eigenvalue weighted by Gasteiger charge is 2.03. The lowest BCUT2D eigenvalue weighted by molar-refractivity contribution is 0.831. The fourth-order valence-corrected chi connectivity index (χ4v) is 1.71. The van der Waals surface area contributed by atoms with Crippen LogP contribution in [0.2, 0.25) is 0 Å². The van der Waals surface area contributed by atoms with Crippen molar-refractivity contribution in [1.82, 2.24) is 9.78 Å². The third-order valence-electron chi connectivity index (χ3n) is 2.40. The Labute approximate surface area is 89.5 Å². The van der Waals surface area contributed by atoms with Gasteiger partial charge < -0.3 is 5.73 Å². The molecule has 0 aliphatic rings. The van der Waals surface area contributed by atoms with Crippen LogP contribution < -0.4 is 5.73 Å². The Kier molecular flexibility index (Phi) is 2.56. The van der Waals surface area contributed by atoms with Gasteiger partial charge in [-0.15, -0.1) is 0 Å². The average Bonchev–Trinajstić information content (AvgIpc) is 2.58. The van der Waals surface area contributed by atoms with Gasteiger partial charge in [-0.3, -0.25) is 0 Å². The third kappa shape index (κ3) is 1.92. The van der Waals surface area contributed by atoms with Crippen LogP contribution in [0.1, 0.15) is 17.0 Å². The largest absolute Gasteiger partial charge is 0.326 e. The topological polar surface area (TPSA) is 43.8 Å². The summed E-state index contributed by atoms with van der Waals surface area (Å²) in [5, 5.41) is 4.43. The molecule has 0 spiro atoms. The van der Waals surface area contributed by atoms with E-state index in [0.717, 1.165) is 22.6 Å². The van der Waals surface area contributed by atoms with Crippen LogP contribution in [0.15, 0.2) is 30.3 Å². The molecule has 78 valence electrons. The average molecular weight is 201 g/mol. The molecule has 2 rings (SSSR count). The second-order valence-electron chi connectivity index (χ2n) is 3.71. The Hall–Kier alpha value is -1.61. The van der Waals surface area contributed by atoms with Crippen molar-refractivity contribution in [2.24, 2.45) is 5.73 Å². The molecule has 0 saturated carbocycles. The first-order chi connectivity index (χ1) is 7.20. The maximum atomic E-state index is 5.61. The van der Waals surface area contributed by atoms with Gasteiger partial charge in [0.05, 0.1) is 11.4 Å². The van der Waals surface area contributed by atoms with E-state index in [0.29, 0.717) is 6.54 Å². The minimum absolute atomic E-state index is 0.563. The van der Waals surface area contributed by atoms with Gasteiger partial charge in [0.2, 0.25) is 0 Å². The van der Waals surface area contributed by atoms with E-state index in [1.54, 1.807) is 0 Å². The number of nitrogens with zero attached hydrogens (tertiary/aromatic N) is 2. The zero-order valence-electron chi connectivity index (χ0n) is 9.07. The van der Waals surface area contributed by atoms with Gasteiger partial charge in [-0.05, 0) is 37.6 Å². The van der Waals surface area contributed by atoms with Crippen molar-refractivity contribution < 1.29 is 0 Å². The van der Waals surface area contributed by atoms with E-state index >= 15 is 0 Å². The first-order valence-corrected chi connectivity index (χ1v) is 5.03. The van der Waals surface area contributed by atoms with Gasteiger partial charge >= 0.3 is 0 Å². The third-order valence-corrected chi connectivity index (χ3v) is 2.40. The number of nitrogens with two attached hydrogens (primary N) is 1. The highest BCUT2D eigenvalue weighted by Crippen LogP contribution is 2.13. The highest BCUT2D eigenvalue weighted by atomic mass is 15.3. The molecule has 0 unspecified atom stereocenters. The molecule has 2 N–H and O–H groups in total. The van der Waals surface area contributed by atoms with E-state index in [9.17, 15) is 0 Å². The fourth-order valence-electron chi connectivity index (χ4n) is 1.71. The first kappa shape index (κ1) is 9.93. The summed E-state index contributed by atoms with van der Waals surface area (Å²) < 4.78 is 1.94. The molecule has 0 radical (unpaired) electrons. The molecule has 0 aliphatic heterocycles. The van der Waals surface area contributed by atoms with E-state index in [-0.39, 0.29) is 0 Å². The predicted molar refractivity (Wildman–Crippen MR) is 60.9 cm³/mol. The molecular formula is C12H15N3. The molecule has 0 amide bonds. The molecule has 3 nitrogen and oxygen atoms in total. The molecule has 0 bridgehead atoms. The molecule has 15 heavy (non-hydrogen) atoms. The van der Waals surface area contributed by atoms with E-state index in [1.807, 2.05) is 29.8 Å². The molecular weight excluding hydrogens is 186 g/mol. The summed E-state index contributed by atoms with van der Waals surface area (Å²) in [5.41, 5.74) is 9.98. The molecule has 0 aliphatic carbocycles. The maximum Gasteiger partial charge on any atom is 0.0651 e. The van der Waals surface area contributed by atoms with Gasteiger partial charge in [0.15, 0.2) is 0 Å². The summed E-state index contributed by atoms with van der Waals surface area (Å²) in [6, 6.07) is 10.2. The van der Waals surface area contributed by atoms with Crippen LogP contribution in [0, 0.1) is 13.8 Å². The molecule has 1 heterocycles. The van der Waals surface area contributed by atoms with Crippen molar-refractivity contribution in [3.63, 3.8) is 0 Å². The second-order valence-corrected chi connectivity index (χ2v) is 3.71. The molecule has 3 heteroatoms. The number of hydrogen-bond acceptors (Lipinski definition) is 2. The van der Waals surface area contributed by atoms with Crippen LogP contribution in [0.4, 0.5) is 0 Å². The fraction of sp³-hybridized carbons (Fsp3) is 0.250. The molecule has 1 aromatic heterocycles. The Balaban J connectivity index is 2.49. The minimum Gasteiger partial charge on any atom is -0.326 e. The van der Waals surface area contributed by atoms with Crippen LogP contribution in [0.3, 0.4) is 0 Å². The summed E-state index contributed by atoms with van der Waals surface area (Å²) in [7, 11) is 0. The van der Waals surface area contributed by atoms with Crippen LogP contribution in [0.25, 0.3) is 5.69 Å². The zero-order valence-corrected chi connectivity index (χ0v) is 9.07. The van der Waals surface area contributed by atoms with E-state index in [1.165, 1.54) is 0 Å². The van der Waals surface area contributed by atoms with Crippen molar-refractivity contribution in [3.8, 4) is 5.69 Å². The van der Waals surface area contributed by atoms with E-state index < -0.39 is 0 Å². The number of hydrogen-bond donors (Lipinski definition) is 1. The van der Waals surface area contributed by atoms with Gasteiger partial charge in [-0.25, -0.2) is 4.68 Å². The van der Waals surface area contributed by atoms with Crippen LogP contribution in [0.5, 0.6) is 0 Å². The summed E-state index contributed by atoms with van der Waals surface area (Å²) in [4.78, 5) is 0. The molecule has 0 fully saturated rings. The molecule has 2 aromatic rings. The SMILES string of the molecule is Cc1cc(C)n(-c2cccc(CN)c2)n1. The van der Waals surface area contributed by atoms with Crippen molar-refractivity contribution in [2.75, 3.05) is 0 Å². The smallest absolute Gasteiger partial charge is 0.0651 e. The predicted octanol–water partition coefficient (Wildman–Crippen LogP) is 1.95. The van der Waals surface area contributed by atoms with Gasteiger partial charge in [0.25, 0.3) is 0 Å². The zero-order chi connectivity index (χ0) is 10.8. The number of aromatic nitrogens is 2. The molecule has 1 aromatic carbocycles. The van der Waals surface area contributed by atoms with Gasteiger partial charge in [-0.1, -0.05) is 12.1 Å². The maximum absolute atomic E-state index is 5.61. The minimum atomic E-state index is 0.563. The Morgan fingerprint density at radius 2 is 2.07 bits per heavy atom. The van der Waals surface area contributed by atoms with E-state index in [2.05, 4.69) is 24.2 Å². The van der Waals surface area contributed by atoms with Crippen molar-refractivity contribution in [2.45, 2.75) is 20.4 Å². The van der Waals surface area contributed by atoms with Crippen molar-refractivity contribution in [1.29, 1.82) is 0 Å². The van der Waals surface area contributed by atoms with Gasteiger partial charge in [0.1, 0.15) is 0 Å². The van der Waals surface area contributed by atoms with Crippen LogP contribution >= 0.6 is 0 Å². The van der Waals surface area contributed by atoms with Crippen LogP contribution in [-0.2, 0) is 6.54 Å². The summed E-state index contributed by atoms with van der Waals surface area (Å²) in [5.74, 6) is 0. The van der Waals surface area contributed by atoms with Crippen molar-refractivity contribution in [3.05, 3.63) is 47.3 Å². The summed E-state index contributed by atoms with van der Waals surface area (Å²) >= 11 is 0. The molecule has 0 saturated heterocycles. The Bertz CT molecular complexity index is 471. The molecule has 0 atom stereocenters. The highest BCUT2D eigenvalue weighted by molar-refractivity contribution is 5.36. The Morgan fingerprint density at radius 1 is 1.27 bits per heavy atom. The lowest BCUT2D eigenvalue weighted by Gasteiger charge is -2.05. The Morgan fingerprint density at radius 3 is 2.67 bits per heavy atom. The monoisotopic (exact) mass is 201 g/mol. The number of benzene rings is 1. The quantitative estimate of drug-likeness (QED) is 0.807. The first-order valence-electron chi connectivity index (χ1n) is 5.03. The number of aryl methyl sites for hydroxylation is 2. The van der Waals surface area contributed by atoms with Crippen molar-refractivity contribution >= 4 is 0 Å². The van der Waals surface area contributed by atoms with E-state index in [4.69, 9.17) is 5.73 Å². The normalized spacial score (nSPS) is 10.6. The van der Waals surface area contributed by atoms with Gasteiger partial charge in [0, 0.05) is 12.2 Å². The van der Waals surface area contributed by atoms with Crippen LogP contribution in [-0.4, -0.2) is 9.78 Å². The number of rotatable bonds is 2. The lowest BCUT2D eigenvalue weighted by atomic mass is 10.2. The standard InChI is InChI=1S/C12H15N3/c1-9-6-10(2)15(14-9)12-5-3-4-11(7-12)8-13/h3-7H,8,13H2,1-2H3. The summed E-state index contributed by atoms with van der Waals surface area (Å²) in [6.07, 6.45) is 0. The lowest BCUT2D eigenvalue weighted by Crippen LogP contribution is -2.02. The summed E-state index contributed by atoms with van der Waals surface area (Å²) in [6.45, 7) is 4.61. The second kappa shape index (κ2) is 3.87.